The number of hydrogen-bond donors (Lipinski definition) is 0. The molecule has 1 heterocycles. The van der Waals surface area contributed by atoms with E-state index in [-0.39, 0.29) is 5.78 Å². The van der Waals surface area contributed by atoms with Gasteiger partial charge in [0, 0.05) is 6.54 Å². The molecule has 0 N–H and O–H groups in total. The Morgan fingerprint density at radius 2 is 2.12 bits per heavy atom. The summed E-state index contributed by atoms with van der Waals surface area (Å²) in [5.41, 5.74) is -0.468. The number of carbonyl (C=O) groups is 1. The molecule has 0 aliphatic carbocycles. The number of nitrogens with zero attached hydrogens (tertiary/aromatic N) is 4. The van der Waals surface area contributed by atoms with E-state index < -0.39 is 5.54 Å². The predicted octanol–water partition coefficient (Wildman–Crippen LogP) is 0.750. The molecule has 0 aliphatic heterocycles. The molecule has 0 aromatic carbocycles. The van der Waals surface area contributed by atoms with Crippen LogP contribution in [0.5, 0.6) is 0 Å². The van der Waals surface area contributed by atoms with E-state index in [1.54, 1.807) is 4.68 Å². The molecule has 5 nitrogen and oxygen atoms in total. The molecule has 0 radical (unpaired) electrons. The van der Waals surface area contributed by atoms with Crippen LogP contribution in [-0.2, 0) is 17.8 Å². The summed E-state index contributed by atoms with van der Waals surface area (Å²) in [5.74, 6) is 0.891. The Bertz CT molecular complexity index is 368. The first kappa shape index (κ1) is 12.8. The zero-order valence-corrected chi connectivity index (χ0v) is 10.7. The van der Waals surface area contributed by atoms with E-state index in [0.29, 0.717) is 6.42 Å². The summed E-state index contributed by atoms with van der Waals surface area (Å²) in [5, 5.41) is 4.05. The number of hydrogen-bond acceptors (Lipinski definition) is 4. The highest BCUT2D eigenvalue weighted by Crippen LogP contribution is 2.14. The maximum atomic E-state index is 12.1. The van der Waals surface area contributed by atoms with Crippen molar-refractivity contribution in [1.29, 1.82) is 0 Å². The molecule has 0 atom stereocenters. The van der Waals surface area contributed by atoms with Gasteiger partial charge in [0.2, 0.25) is 0 Å². The van der Waals surface area contributed by atoms with Crippen molar-refractivity contribution in [1.82, 2.24) is 19.7 Å². The molecule has 0 unspecified atom stereocenters. The summed E-state index contributed by atoms with van der Waals surface area (Å²) >= 11 is 0. The van der Waals surface area contributed by atoms with Gasteiger partial charge in [-0.15, -0.1) is 0 Å². The third-order valence-electron chi connectivity index (χ3n) is 3.11. The van der Waals surface area contributed by atoms with Gasteiger partial charge in [-0.3, -0.25) is 9.69 Å². The van der Waals surface area contributed by atoms with Crippen LogP contribution in [0.15, 0.2) is 6.33 Å². The second-order valence-corrected chi connectivity index (χ2v) is 4.55. The monoisotopic (exact) mass is 224 g/mol. The summed E-state index contributed by atoms with van der Waals surface area (Å²) < 4.78 is 1.75. The van der Waals surface area contributed by atoms with E-state index in [0.717, 1.165) is 12.4 Å². The van der Waals surface area contributed by atoms with Crippen molar-refractivity contribution < 1.29 is 4.79 Å². The van der Waals surface area contributed by atoms with Gasteiger partial charge in [-0.1, -0.05) is 0 Å². The largest absolute Gasteiger partial charge is 0.298 e. The van der Waals surface area contributed by atoms with Gasteiger partial charge in [-0.2, -0.15) is 5.10 Å². The number of aryl methyl sites for hydroxylation is 1. The lowest BCUT2D eigenvalue weighted by Gasteiger charge is -2.30. The fourth-order valence-corrected chi connectivity index (χ4v) is 1.30. The zero-order valence-electron chi connectivity index (χ0n) is 10.7. The summed E-state index contributed by atoms with van der Waals surface area (Å²) in [6.45, 7) is 6.56. The highest BCUT2D eigenvalue weighted by molar-refractivity contribution is 5.88. The van der Waals surface area contributed by atoms with Crippen molar-refractivity contribution >= 4 is 5.78 Å². The van der Waals surface area contributed by atoms with Crippen LogP contribution < -0.4 is 0 Å². The van der Waals surface area contributed by atoms with Gasteiger partial charge in [-0.05, 0) is 34.9 Å². The maximum absolute atomic E-state index is 12.1. The number of rotatable bonds is 5. The van der Waals surface area contributed by atoms with Crippen LogP contribution in [0.1, 0.15) is 26.6 Å². The second-order valence-electron chi connectivity index (χ2n) is 4.55. The Hall–Kier alpha value is -1.23. The van der Waals surface area contributed by atoms with Crippen molar-refractivity contribution in [2.75, 3.05) is 14.1 Å². The van der Waals surface area contributed by atoms with Crippen molar-refractivity contribution in [2.24, 2.45) is 0 Å². The SMILES string of the molecule is CCn1ncnc1CC(=O)C(C)(C)N(C)C. The van der Waals surface area contributed by atoms with Crippen molar-refractivity contribution in [3.8, 4) is 0 Å². The molecule has 0 saturated heterocycles. The van der Waals surface area contributed by atoms with Gasteiger partial charge >= 0.3 is 0 Å². The first-order valence-corrected chi connectivity index (χ1v) is 5.47. The molecule has 1 rings (SSSR count). The Kier molecular flexibility index (Phi) is 3.80. The number of likely N-dealkylation sites (N-methyl/N-ethyl adjacent to an activating group) is 1. The standard InChI is InChI=1S/C11H20N4O/c1-6-15-10(12-8-13-15)7-9(16)11(2,3)14(4)5/h8H,6-7H2,1-5H3. The van der Waals surface area contributed by atoms with E-state index >= 15 is 0 Å². The van der Waals surface area contributed by atoms with Crippen LogP contribution >= 0.6 is 0 Å². The summed E-state index contributed by atoms with van der Waals surface area (Å²) in [7, 11) is 3.81. The Morgan fingerprint density at radius 1 is 1.50 bits per heavy atom. The Labute approximate surface area is 96.5 Å². The molecule has 1 aromatic rings. The Balaban J connectivity index is 2.79. The molecular weight excluding hydrogens is 204 g/mol. The summed E-state index contributed by atoms with van der Waals surface area (Å²) in [4.78, 5) is 18.1. The molecule has 0 fully saturated rings. The molecular formula is C11H20N4O. The van der Waals surface area contributed by atoms with Crippen molar-refractivity contribution in [2.45, 2.75) is 39.3 Å². The van der Waals surface area contributed by atoms with Crippen LogP contribution in [0.4, 0.5) is 0 Å². The third kappa shape index (κ3) is 2.47. The quantitative estimate of drug-likeness (QED) is 0.740. The van der Waals surface area contributed by atoms with Crippen LogP contribution in [0.25, 0.3) is 0 Å². The number of Topliss-reactive ketones (excluding diaryl/α,β-unsaturated/α-hetero) is 1. The third-order valence-corrected chi connectivity index (χ3v) is 3.11. The van der Waals surface area contributed by atoms with Gasteiger partial charge in [0.15, 0.2) is 5.78 Å². The van der Waals surface area contributed by atoms with Crippen LogP contribution in [0.3, 0.4) is 0 Å². The average Bonchev–Trinajstić information content (AvgIpc) is 2.64. The Morgan fingerprint density at radius 3 is 2.62 bits per heavy atom. The molecule has 0 aliphatic rings. The van der Waals surface area contributed by atoms with E-state index in [4.69, 9.17) is 0 Å². The zero-order chi connectivity index (χ0) is 12.3. The average molecular weight is 224 g/mol. The smallest absolute Gasteiger partial charge is 0.160 e. The molecule has 5 heteroatoms. The summed E-state index contributed by atoms with van der Waals surface area (Å²) in [6.07, 6.45) is 1.83. The van der Waals surface area contributed by atoms with Crippen LogP contribution in [0, 0.1) is 0 Å². The van der Waals surface area contributed by atoms with Crippen molar-refractivity contribution in [3.05, 3.63) is 12.2 Å². The molecule has 0 saturated carbocycles. The minimum absolute atomic E-state index is 0.153. The predicted molar refractivity (Wildman–Crippen MR) is 62.2 cm³/mol. The van der Waals surface area contributed by atoms with Gasteiger partial charge in [0.1, 0.15) is 12.2 Å². The normalized spacial score (nSPS) is 12.1. The molecule has 1 aromatic heterocycles. The lowest BCUT2D eigenvalue weighted by Crippen LogP contribution is -2.46. The van der Waals surface area contributed by atoms with Gasteiger partial charge in [-0.25, -0.2) is 9.67 Å². The fourth-order valence-electron chi connectivity index (χ4n) is 1.30. The lowest BCUT2D eigenvalue weighted by molar-refractivity contribution is -0.127. The molecule has 0 spiro atoms. The van der Waals surface area contributed by atoms with E-state index in [2.05, 4.69) is 10.1 Å². The minimum Gasteiger partial charge on any atom is -0.298 e. The highest BCUT2D eigenvalue weighted by atomic mass is 16.1. The van der Waals surface area contributed by atoms with Gasteiger partial charge < -0.3 is 0 Å². The topological polar surface area (TPSA) is 51.0 Å². The molecule has 0 bridgehead atoms. The number of aromatic nitrogens is 3. The summed E-state index contributed by atoms with van der Waals surface area (Å²) in [6, 6.07) is 0. The van der Waals surface area contributed by atoms with Gasteiger partial charge in [0.25, 0.3) is 0 Å². The second kappa shape index (κ2) is 4.74. The van der Waals surface area contributed by atoms with E-state index in [1.807, 2.05) is 39.8 Å². The highest BCUT2D eigenvalue weighted by Gasteiger charge is 2.30. The van der Waals surface area contributed by atoms with Crippen molar-refractivity contribution in [3.63, 3.8) is 0 Å². The lowest BCUT2D eigenvalue weighted by atomic mass is 9.95. The number of carbonyl (C=O) groups excluding carboxylic acids is 1. The maximum Gasteiger partial charge on any atom is 0.160 e. The number of ketones is 1. The van der Waals surface area contributed by atoms with Crippen LogP contribution in [0.2, 0.25) is 0 Å². The van der Waals surface area contributed by atoms with E-state index in [9.17, 15) is 4.79 Å². The molecule has 16 heavy (non-hydrogen) atoms. The fraction of sp³-hybridized carbons (Fsp3) is 0.727. The van der Waals surface area contributed by atoms with Gasteiger partial charge in [0.05, 0.1) is 12.0 Å². The first-order chi connectivity index (χ1) is 7.39. The molecule has 0 amide bonds. The van der Waals surface area contributed by atoms with E-state index in [1.165, 1.54) is 6.33 Å². The molecule has 90 valence electrons. The first-order valence-electron chi connectivity index (χ1n) is 5.47. The van der Waals surface area contributed by atoms with Crippen LogP contribution in [-0.4, -0.2) is 45.1 Å². The minimum atomic E-state index is -0.468.